The number of anilines is 1. The minimum Gasteiger partial charge on any atom is -0.486 e. The van der Waals surface area contributed by atoms with E-state index in [1.165, 1.54) is 28.6 Å². The third-order valence-electron chi connectivity index (χ3n) is 6.52. The molecule has 2 aromatic heterocycles. The lowest BCUT2D eigenvalue weighted by Crippen LogP contribution is -2.48. The molecule has 0 amide bonds. The molecule has 0 N–H and O–H groups in total. The van der Waals surface area contributed by atoms with E-state index < -0.39 is 16.0 Å². The molecule has 5 rings (SSSR count). The molecule has 1 aliphatic heterocycles. The van der Waals surface area contributed by atoms with Crippen LogP contribution in [0, 0.1) is 18.3 Å². The summed E-state index contributed by atoms with van der Waals surface area (Å²) in [6.45, 7) is 5.06. The Morgan fingerprint density at radius 2 is 1.71 bits per heavy atom. The number of rotatable bonds is 9. The lowest BCUT2D eigenvalue weighted by Gasteiger charge is -2.33. The van der Waals surface area contributed by atoms with Crippen molar-refractivity contribution in [2.45, 2.75) is 25.3 Å². The van der Waals surface area contributed by atoms with Gasteiger partial charge in [0.05, 0.1) is 17.1 Å². The predicted molar refractivity (Wildman–Crippen MR) is 148 cm³/mol. The molecule has 1 saturated heterocycles. The standard InChI is InChI=1S/C29H28N4O7S/c1-3-37-29(34)21-6-11-24(12-7-21)41(35,36)33-16-14-32(15-17-33)28-25(18-30)31-27(40-28)26-13-10-23(39-26)19-38-22-8-4-20(2)5-9-22/h4-13H,3,14-17,19H2,1-2H3. The van der Waals surface area contributed by atoms with E-state index in [0.29, 0.717) is 17.3 Å². The largest absolute Gasteiger partial charge is 0.486 e. The van der Waals surface area contributed by atoms with Gasteiger partial charge < -0.3 is 23.2 Å². The van der Waals surface area contributed by atoms with Gasteiger partial charge in [0.2, 0.25) is 21.6 Å². The van der Waals surface area contributed by atoms with Gasteiger partial charge in [-0.3, -0.25) is 0 Å². The van der Waals surface area contributed by atoms with Crippen molar-refractivity contribution in [2.24, 2.45) is 0 Å². The number of hydrogen-bond donors (Lipinski definition) is 0. The Labute approximate surface area is 237 Å². The van der Waals surface area contributed by atoms with E-state index in [1.54, 1.807) is 24.0 Å². The Kier molecular flexibility index (Phi) is 8.09. The Bertz CT molecular complexity index is 1660. The summed E-state index contributed by atoms with van der Waals surface area (Å²) in [6, 6.07) is 18.8. The fourth-order valence-electron chi connectivity index (χ4n) is 4.32. The lowest BCUT2D eigenvalue weighted by molar-refractivity contribution is 0.0526. The van der Waals surface area contributed by atoms with Gasteiger partial charge in [0, 0.05) is 26.2 Å². The van der Waals surface area contributed by atoms with Crippen molar-refractivity contribution < 1.29 is 31.5 Å². The number of aromatic nitrogens is 1. The van der Waals surface area contributed by atoms with Crippen LogP contribution < -0.4 is 9.64 Å². The van der Waals surface area contributed by atoms with Crippen LogP contribution in [-0.2, 0) is 21.4 Å². The molecule has 0 saturated carbocycles. The van der Waals surface area contributed by atoms with E-state index in [2.05, 4.69) is 4.98 Å². The number of nitrogens with zero attached hydrogens (tertiary/aromatic N) is 4. The van der Waals surface area contributed by atoms with Crippen LogP contribution >= 0.6 is 0 Å². The average Bonchev–Trinajstić information content (AvgIpc) is 3.64. The van der Waals surface area contributed by atoms with Crippen LogP contribution in [-0.4, -0.2) is 56.5 Å². The third-order valence-corrected chi connectivity index (χ3v) is 8.43. The van der Waals surface area contributed by atoms with Crippen molar-refractivity contribution in [2.75, 3.05) is 37.7 Å². The monoisotopic (exact) mass is 576 g/mol. The van der Waals surface area contributed by atoms with Gasteiger partial charge in [-0.05, 0) is 62.4 Å². The van der Waals surface area contributed by atoms with Crippen LogP contribution in [0.1, 0.15) is 34.3 Å². The number of carbonyl (C=O) groups excluding carboxylic acids is 1. The Hall–Kier alpha value is -4.60. The van der Waals surface area contributed by atoms with Crippen molar-refractivity contribution in [3.8, 4) is 23.5 Å². The minimum atomic E-state index is -3.78. The average molecular weight is 577 g/mol. The molecule has 41 heavy (non-hydrogen) atoms. The van der Waals surface area contributed by atoms with Crippen molar-refractivity contribution in [3.05, 3.63) is 83.2 Å². The number of sulfonamides is 1. The molecular weight excluding hydrogens is 548 g/mol. The number of benzene rings is 2. The molecule has 4 aromatic rings. The summed E-state index contributed by atoms with van der Waals surface area (Å²) in [5.41, 5.74) is 1.50. The maximum absolute atomic E-state index is 13.2. The summed E-state index contributed by atoms with van der Waals surface area (Å²) >= 11 is 0. The van der Waals surface area contributed by atoms with Gasteiger partial charge in [-0.1, -0.05) is 17.7 Å². The second-order valence-electron chi connectivity index (χ2n) is 9.29. The molecule has 0 unspecified atom stereocenters. The van der Waals surface area contributed by atoms with E-state index in [0.717, 1.165) is 5.56 Å². The molecular formula is C29H28N4O7S. The van der Waals surface area contributed by atoms with Crippen molar-refractivity contribution in [1.82, 2.24) is 9.29 Å². The van der Waals surface area contributed by atoms with Crippen molar-refractivity contribution in [3.63, 3.8) is 0 Å². The quantitative estimate of drug-likeness (QED) is 0.264. The highest BCUT2D eigenvalue weighted by Crippen LogP contribution is 2.31. The molecule has 0 radical (unpaired) electrons. The maximum Gasteiger partial charge on any atom is 0.338 e. The van der Waals surface area contributed by atoms with Gasteiger partial charge >= 0.3 is 5.97 Å². The van der Waals surface area contributed by atoms with E-state index >= 15 is 0 Å². The molecule has 3 heterocycles. The summed E-state index contributed by atoms with van der Waals surface area (Å²) in [5, 5.41) is 9.68. The minimum absolute atomic E-state index is 0.0821. The van der Waals surface area contributed by atoms with Gasteiger partial charge in [0.1, 0.15) is 24.2 Å². The van der Waals surface area contributed by atoms with Crippen LogP contribution in [0.4, 0.5) is 5.88 Å². The topological polar surface area (TPSA) is 139 Å². The normalized spacial score (nSPS) is 14.0. The molecule has 0 aliphatic carbocycles. The molecule has 212 valence electrons. The van der Waals surface area contributed by atoms with Crippen LogP contribution in [0.3, 0.4) is 0 Å². The van der Waals surface area contributed by atoms with Gasteiger partial charge in [-0.15, -0.1) is 0 Å². The molecule has 0 bridgehead atoms. The smallest absolute Gasteiger partial charge is 0.338 e. The zero-order valence-electron chi connectivity index (χ0n) is 22.6. The zero-order chi connectivity index (χ0) is 29.0. The highest BCUT2D eigenvalue weighted by Gasteiger charge is 2.31. The van der Waals surface area contributed by atoms with Crippen LogP contribution in [0.15, 0.2) is 74.4 Å². The number of hydrogen-bond acceptors (Lipinski definition) is 10. The Morgan fingerprint density at radius 1 is 1.00 bits per heavy atom. The van der Waals surface area contributed by atoms with Crippen LogP contribution in [0.2, 0.25) is 0 Å². The number of piperazine rings is 1. The van der Waals surface area contributed by atoms with Gasteiger partial charge in [0.25, 0.3) is 5.89 Å². The summed E-state index contributed by atoms with van der Waals surface area (Å²) in [7, 11) is -3.78. The van der Waals surface area contributed by atoms with Crippen molar-refractivity contribution >= 4 is 21.9 Å². The summed E-state index contributed by atoms with van der Waals surface area (Å²) in [5.74, 6) is 1.53. The molecule has 0 atom stereocenters. The molecule has 0 spiro atoms. The van der Waals surface area contributed by atoms with Gasteiger partial charge in [-0.25, -0.2) is 13.2 Å². The first-order chi connectivity index (χ1) is 19.8. The molecule has 1 aliphatic rings. The Balaban J connectivity index is 1.23. The van der Waals surface area contributed by atoms with Crippen LogP contribution in [0.5, 0.6) is 5.75 Å². The molecule has 11 nitrogen and oxygen atoms in total. The highest BCUT2D eigenvalue weighted by atomic mass is 32.2. The fraction of sp³-hybridized carbons (Fsp3) is 0.276. The van der Waals surface area contributed by atoms with Gasteiger partial charge in [-0.2, -0.15) is 14.6 Å². The summed E-state index contributed by atoms with van der Waals surface area (Å²) < 4.78 is 50.2. The predicted octanol–water partition coefficient (Wildman–Crippen LogP) is 4.38. The number of aryl methyl sites for hydroxylation is 1. The molecule has 2 aromatic carbocycles. The number of esters is 1. The lowest BCUT2D eigenvalue weighted by atomic mass is 10.2. The first-order valence-corrected chi connectivity index (χ1v) is 14.4. The number of nitriles is 1. The third kappa shape index (κ3) is 6.11. The molecule has 1 fully saturated rings. The second-order valence-corrected chi connectivity index (χ2v) is 11.2. The second kappa shape index (κ2) is 11.9. The number of ether oxygens (including phenoxy) is 2. The Morgan fingerprint density at radius 3 is 2.37 bits per heavy atom. The maximum atomic E-state index is 13.2. The fourth-order valence-corrected chi connectivity index (χ4v) is 5.74. The van der Waals surface area contributed by atoms with E-state index in [-0.39, 0.29) is 67.3 Å². The number of carbonyl (C=O) groups is 1. The van der Waals surface area contributed by atoms with Gasteiger partial charge in [0.15, 0.2) is 5.76 Å². The number of oxazole rings is 1. The number of furan rings is 1. The first-order valence-electron chi connectivity index (χ1n) is 13.0. The SMILES string of the molecule is CCOC(=O)c1ccc(S(=O)(=O)N2CCN(c3oc(-c4ccc(COc5ccc(C)cc5)o4)nc3C#N)CC2)cc1. The van der Waals surface area contributed by atoms with Crippen molar-refractivity contribution in [1.29, 1.82) is 5.26 Å². The summed E-state index contributed by atoms with van der Waals surface area (Å²) in [6.07, 6.45) is 0. The first kappa shape index (κ1) is 27.9. The summed E-state index contributed by atoms with van der Waals surface area (Å²) in [4.78, 5) is 18.0. The molecule has 12 heteroatoms. The van der Waals surface area contributed by atoms with E-state index in [4.69, 9.17) is 18.3 Å². The van der Waals surface area contributed by atoms with E-state index in [1.807, 2.05) is 37.3 Å². The highest BCUT2D eigenvalue weighted by molar-refractivity contribution is 7.89. The zero-order valence-corrected chi connectivity index (χ0v) is 23.4. The van der Waals surface area contributed by atoms with E-state index in [9.17, 15) is 18.5 Å². The van der Waals surface area contributed by atoms with Crippen LogP contribution in [0.25, 0.3) is 11.7 Å².